The van der Waals surface area contributed by atoms with E-state index in [0.29, 0.717) is 24.7 Å². The summed E-state index contributed by atoms with van der Waals surface area (Å²) in [4.78, 5) is 53.0. The predicted octanol–water partition coefficient (Wildman–Crippen LogP) is 2.95. The monoisotopic (exact) mass is 632 g/mol. The third kappa shape index (κ3) is 8.53. The Morgan fingerprint density at radius 1 is 1.02 bits per heavy atom. The van der Waals surface area contributed by atoms with Crippen molar-refractivity contribution in [1.82, 2.24) is 25.1 Å². The van der Waals surface area contributed by atoms with Crippen LogP contribution in [-0.2, 0) is 23.1 Å². The summed E-state index contributed by atoms with van der Waals surface area (Å²) in [5.41, 5.74) is 0.796. The molecule has 1 aromatic heterocycles. The van der Waals surface area contributed by atoms with Crippen LogP contribution in [0.3, 0.4) is 0 Å². The van der Waals surface area contributed by atoms with E-state index in [1.165, 1.54) is 9.80 Å². The summed E-state index contributed by atoms with van der Waals surface area (Å²) in [6, 6.07) is 9.80. The molecule has 1 aromatic carbocycles. The van der Waals surface area contributed by atoms with Gasteiger partial charge in [-0.15, -0.1) is 0 Å². The number of nitrogens with zero attached hydrogens (tertiary/aromatic N) is 5. The zero-order valence-electron chi connectivity index (χ0n) is 25.4. The minimum absolute atomic E-state index is 0.0217. The van der Waals surface area contributed by atoms with E-state index < -0.39 is 31.5 Å². The molecular formula is C29H41N6O8P. The SMILES string of the molecule is CCOP(=O)(CC[C@H](NC(=O)c1cc(N2CC[C@H](OC)C2)nc(-c2ccccc2)n1)C(=O)N1CCN(C(=O)O)CC1)OCC. The van der Waals surface area contributed by atoms with E-state index in [2.05, 4.69) is 10.3 Å². The molecule has 14 nitrogen and oxygen atoms in total. The third-order valence-electron chi connectivity index (χ3n) is 7.59. The Hall–Kier alpha value is -3.58. The van der Waals surface area contributed by atoms with Crippen LogP contribution in [0.15, 0.2) is 36.4 Å². The maximum Gasteiger partial charge on any atom is 0.407 e. The van der Waals surface area contributed by atoms with Gasteiger partial charge in [0.25, 0.3) is 5.91 Å². The molecule has 3 amide bonds. The number of carbonyl (C=O) groups excluding carboxylic acids is 2. The minimum Gasteiger partial charge on any atom is -0.465 e. The number of nitrogens with one attached hydrogen (secondary N) is 1. The molecule has 2 aliphatic heterocycles. The van der Waals surface area contributed by atoms with Gasteiger partial charge in [0.05, 0.1) is 25.5 Å². The Balaban J connectivity index is 1.61. The average molecular weight is 633 g/mol. The number of anilines is 1. The van der Waals surface area contributed by atoms with Crippen molar-refractivity contribution in [2.45, 2.75) is 38.8 Å². The van der Waals surface area contributed by atoms with E-state index in [1.807, 2.05) is 35.2 Å². The zero-order valence-corrected chi connectivity index (χ0v) is 26.3. The van der Waals surface area contributed by atoms with Crippen LogP contribution in [0.2, 0.25) is 0 Å². The molecule has 0 radical (unpaired) electrons. The first-order chi connectivity index (χ1) is 21.2. The van der Waals surface area contributed by atoms with Gasteiger partial charge in [-0.25, -0.2) is 14.8 Å². The van der Waals surface area contributed by atoms with Gasteiger partial charge < -0.3 is 38.9 Å². The Bertz CT molecular complexity index is 1330. The molecule has 0 unspecified atom stereocenters. The summed E-state index contributed by atoms with van der Waals surface area (Å²) < 4.78 is 29.6. The van der Waals surface area contributed by atoms with E-state index in [1.54, 1.807) is 27.0 Å². The second kappa shape index (κ2) is 15.4. The first kappa shape index (κ1) is 33.3. The molecule has 240 valence electrons. The Morgan fingerprint density at radius 2 is 1.68 bits per heavy atom. The van der Waals surface area contributed by atoms with Crippen molar-refractivity contribution in [2.75, 3.05) is 70.7 Å². The molecule has 2 aromatic rings. The third-order valence-corrected chi connectivity index (χ3v) is 9.70. The summed E-state index contributed by atoms with van der Waals surface area (Å²) in [7, 11) is -1.86. The molecule has 0 saturated carbocycles. The first-order valence-corrected chi connectivity index (χ1v) is 16.6. The van der Waals surface area contributed by atoms with Crippen molar-refractivity contribution in [1.29, 1.82) is 0 Å². The molecular weight excluding hydrogens is 591 g/mol. The van der Waals surface area contributed by atoms with Crippen molar-refractivity contribution in [3.8, 4) is 11.4 Å². The molecule has 0 spiro atoms. The van der Waals surface area contributed by atoms with Crippen molar-refractivity contribution < 1.29 is 37.8 Å². The van der Waals surface area contributed by atoms with E-state index >= 15 is 0 Å². The van der Waals surface area contributed by atoms with E-state index in [4.69, 9.17) is 18.8 Å². The van der Waals surface area contributed by atoms with Crippen LogP contribution in [0.1, 0.15) is 37.2 Å². The lowest BCUT2D eigenvalue weighted by Gasteiger charge is -2.35. The fourth-order valence-electron chi connectivity index (χ4n) is 5.23. The highest BCUT2D eigenvalue weighted by atomic mass is 31.2. The molecule has 2 atom stereocenters. The topological polar surface area (TPSA) is 164 Å². The van der Waals surface area contributed by atoms with Crippen LogP contribution in [0, 0.1) is 0 Å². The number of carboxylic acid groups (broad SMARTS) is 1. The first-order valence-electron chi connectivity index (χ1n) is 14.8. The lowest BCUT2D eigenvalue weighted by atomic mass is 10.1. The molecule has 3 heterocycles. The zero-order chi connectivity index (χ0) is 31.7. The van der Waals surface area contributed by atoms with E-state index in [9.17, 15) is 24.1 Å². The number of piperazine rings is 1. The highest BCUT2D eigenvalue weighted by Crippen LogP contribution is 2.48. The highest BCUT2D eigenvalue weighted by Gasteiger charge is 2.34. The number of benzene rings is 1. The van der Waals surface area contributed by atoms with Gasteiger partial charge in [0.15, 0.2) is 5.82 Å². The van der Waals surface area contributed by atoms with Crippen LogP contribution in [-0.4, -0.2) is 121 Å². The molecule has 0 bridgehead atoms. The highest BCUT2D eigenvalue weighted by molar-refractivity contribution is 7.53. The second-order valence-corrected chi connectivity index (χ2v) is 12.7. The number of amides is 3. The minimum atomic E-state index is -3.52. The summed E-state index contributed by atoms with van der Waals surface area (Å²) in [5.74, 6) is -0.0890. The van der Waals surface area contributed by atoms with Crippen LogP contribution in [0.25, 0.3) is 11.4 Å². The van der Waals surface area contributed by atoms with Gasteiger partial charge in [-0.05, 0) is 26.7 Å². The van der Waals surface area contributed by atoms with Crippen LogP contribution in [0.5, 0.6) is 0 Å². The maximum absolute atomic E-state index is 13.8. The normalized spacial score (nSPS) is 17.9. The van der Waals surface area contributed by atoms with Crippen molar-refractivity contribution in [3.63, 3.8) is 0 Å². The van der Waals surface area contributed by atoms with Crippen LogP contribution in [0.4, 0.5) is 10.6 Å². The van der Waals surface area contributed by atoms with Gasteiger partial charge in [-0.1, -0.05) is 30.3 Å². The molecule has 2 N–H and O–H groups in total. The Labute approximate surface area is 257 Å². The number of methoxy groups -OCH3 is 1. The Morgan fingerprint density at radius 3 is 2.27 bits per heavy atom. The average Bonchev–Trinajstić information content (AvgIpc) is 3.53. The van der Waals surface area contributed by atoms with Crippen molar-refractivity contribution in [3.05, 3.63) is 42.1 Å². The van der Waals surface area contributed by atoms with E-state index in [-0.39, 0.29) is 63.8 Å². The molecule has 2 saturated heterocycles. The van der Waals surface area contributed by atoms with Gasteiger partial charge in [0.2, 0.25) is 5.91 Å². The second-order valence-electron chi connectivity index (χ2n) is 10.5. The standard InChI is InChI=1S/C29H41N6O8P/c1-4-42-44(40,43-5-2)18-12-23(28(37)33-14-16-34(17-15-33)29(38)39)31-27(36)24-19-25(35-13-11-22(20-35)41-3)32-26(30-24)21-9-7-6-8-10-21/h6-10,19,22-23H,4-5,11-18,20H2,1-3H3,(H,31,36)(H,38,39)/t22-,23-/m0/s1. The van der Waals surface area contributed by atoms with E-state index in [0.717, 1.165) is 12.0 Å². The summed E-state index contributed by atoms with van der Waals surface area (Å²) in [6.07, 6.45) is -0.325. The number of ether oxygens (including phenoxy) is 1. The van der Waals surface area contributed by atoms with Gasteiger partial charge in [-0.2, -0.15) is 0 Å². The molecule has 2 fully saturated rings. The van der Waals surface area contributed by atoms with Crippen molar-refractivity contribution in [2.24, 2.45) is 0 Å². The summed E-state index contributed by atoms with van der Waals surface area (Å²) >= 11 is 0. The predicted molar refractivity (Wildman–Crippen MR) is 163 cm³/mol. The van der Waals surface area contributed by atoms with Gasteiger partial charge in [0, 0.05) is 58.0 Å². The number of hydrogen-bond acceptors (Lipinski definition) is 10. The molecule has 4 rings (SSSR count). The van der Waals surface area contributed by atoms with Gasteiger partial charge in [0.1, 0.15) is 17.6 Å². The lowest BCUT2D eigenvalue weighted by Crippen LogP contribution is -2.56. The fourth-order valence-corrected chi connectivity index (χ4v) is 6.93. The van der Waals surface area contributed by atoms with Crippen LogP contribution >= 0.6 is 7.60 Å². The Kier molecular flexibility index (Phi) is 11.7. The quantitative estimate of drug-likeness (QED) is 0.312. The summed E-state index contributed by atoms with van der Waals surface area (Å²) in [5, 5.41) is 12.1. The molecule has 44 heavy (non-hydrogen) atoms. The molecule has 0 aliphatic carbocycles. The smallest absolute Gasteiger partial charge is 0.407 e. The number of rotatable bonds is 13. The number of hydrogen-bond donors (Lipinski definition) is 2. The molecule has 15 heteroatoms. The number of carbonyl (C=O) groups is 3. The van der Waals surface area contributed by atoms with Gasteiger partial charge >= 0.3 is 13.7 Å². The summed E-state index contributed by atoms with van der Waals surface area (Å²) in [6.45, 7) is 5.63. The lowest BCUT2D eigenvalue weighted by molar-refractivity contribution is -0.134. The molecule has 2 aliphatic rings. The number of aromatic nitrogens is 2. The van der Waals surface area contributed by atoms with Gasteiger partial charge in [-0.3, -0.25) is 14.2 Å². The van der Waals surface area contributed by atoms with Crippen LogP contribution < -0.4 is 10.2 Å². The van der Waals surface area contributed by atoms with Crippen molar-refractivity contribution >= 4 is 31.3 Å². The maximum atomic E-state index is 13.8. The largest absolute Gasteiger partial charge is 0.465 e. The fraction of sp³-hybridized carbons (Fsp3) is 0.552.